The van der Waals surface area contributed by atoms with Crippen LogP contribution in [-0.4, -0.2) is 20.4 Å². The molecule has 0 fully saturated rings. The summed E-state index contributed by atoms with van der Waals surface area (Å²) in [6.07, 6.45) is 0. The highest BCUT2D eigenvalue weighted by Crippen LogP contribution is 2.26. The zero-order chi connectivity index (χ0) is 17.5. The molecule has 1 aliphatic heterocycles. The van der Waals surface area contributed by atoms with Gasteiger partial charge >= 0.3 is 6.03 Å². The minimum atomic E-state index is -4.05. The topological polar surface area (TPSA) is 104 Å². The van der Waals surface area contributed by atoms with Crippen LogP contribution in [0, 0.1) is 5.82 Å². The Bertz CT molecular complexity index is 978. The summed E-state index contributed by atoms with van der Waals surface area (Å²) in [6, 6.07) is 6.53. The largest absolute Gasteiger partial charge is 0.333 e. The predicted molar refractivity (Wildman–Crippen MR) is 85.1 cm³/mol. The highest BCUT2D eigenvalue weighted by Gasteiger charge is 2.28. The van der Waals surface area contributed by atoms with E-state index in [1.807, 2.05) is 0 Å². The third-order valence-electron chi connectivity index (χ3n) is 3.19. The van der Waals surface area contributed by atoms with Gasteiger partial charge in [0.05, 0.1) is 10.7 Å². The van der Waals surface area contributed by atoms with Crippen molar-refractivity contribution in [3.05, 3.63) is 52.8 Å². The molecule has 0 aromatic heterocycles. The number of fused-ring (bicyclic) bond motifs is 1. The van der Waals surface area contributed by atoms with Crippen molar-refractivity contribution >= 4 is 44.9 Å². The van der Waals surface area contributed by atoms with Crippen LogP contribution in [0.3, 0.4) is 0 Å². The van der Waals surface area contributed by atoms with Crippen molar-refractivity contribution in [3.8, 4) is 0 Å². The maximum Gasteiger partial charge on any atom is 0.333 e. The van der Waals surface area contributed by atoms with Crippen LogP contribution in [0.5, 0.6) is 0 Å². The first-order valence-corrected chi connectivity index (χ1v) is 8.36. The molecule has 1 heterocycles. The fraction of sp³-hybridized carbons (Fsp3) is 0. The summed E-state index contributed by atoms with van der Waals surface area (Å²) in [7, 11) is -4.05. The number of sulfonamides is 1. The lowest BCUT2D eigenvalue weighted by Gasteiger charge is -2.18. The van der Waals surface area contributed by atoms with E-state index in [0.29, 0.717) is 0 Å². The van der Waals surface area contributed by atoms with Crippen LogP contribution >= 0.6 is 11.6 Å². The van der Waals surface area contributed by atoms with Crippen molar-refractivity contribution < 1.29 is 22.4 Å². The predicted octanol–water partition coefficient (Wildman–Crippen LogP) is 2.56. The Morgan fingerprint density at radius 2 is 1.92 bits per heavy atom. The van der Waals surface area contributed by atoms with E-state index in [-0.39, 0.29) is 26.9 Å². The van der Waals surface area contributed by atoms with Gasteiger partial charge in [-0.15, -0.1) is 0 Å². The number of carbonyl (C=O) groups excluding carboxylic acids is 2. The van der Waals surface area contributed by atoms with Gasteiger partial charge in [-0.1, -0.05) is 11.6 Å². The molecule has 1 aliphatic rings. The summed E-state index contributed by atoms with van der Waals surface area (Å²) in [5.41, 5.74) is 0.356. The van der Waals surface area contributed by atoms with Crippen molar-refractivity contribution in [2.24, 2.45) is 0 Å². The maximum atomic E-state index is 13.1. The first kappa shape index (κ1) is 16.2. The lowest BCUT2D eigenvalue weighted by atomic mass is 10.2. The first-order chi connectivity index (χ1) is 11.3. The van der Waals surface area contributed by atoms with E-state index in [1.165, 1.54) is 24.3 Å². The Balaban J connectivity index is 1.91. The molecule has 0 aliphatic carbocycles. The van der Waals surface area contributed by atoms with Gasteiger partial charge in [0, 0.05) is 11.3 Å². The molecule has 0 bridgehead atoms. The Morgan fingerprint density at radius 1 is 1.17 bits per heavy atom. The number of anilines is 2. The Kier molecular flexibility index (Phi) is 3.90. The number of halogens is 2. The molecule has 0 unspecified atom stereocenters. The van der Waals surface area contributed by atoms with Gasteiger partial charge in [0.2, 0.25) is 0 Å². The van der Waals surface area contributed by atoms with E-state index < -0.39 is 27.8 Å². The van der Waals surface area contributed by atoms with Gasteiger partial charge in [-0.3, -0.25) is 4.79 Å². The van der Waals surface area contributed by atoms with Crippen molar-refractivity contribution in [1.29, 1.82) is 0 Å². The average Bonchev–Trinajstić information content (AvgIpc) is 2.49. The summed E-state index contributed by atoms with van der Waals surface area (Å²) >= 11 is 5.64. The van der Waals surface area contributed by atoms with Gasteiger partial charge in [-0.25, -0.2) is 22.3 Å². The molecule has 0 saturated heterocycles. The minimum Gasteiger partial charge on any atom is -0.322 e. The molecule has 0 saturated carbocycles. The number of hydrogen-bond acceptors (Lipinski definition) is 4. The Labute approximate surface area is 140 Å². The maximum absolute atomic E-state index is 13.1. The van der Waals surface area contributed by atoms with Gasteiger partial charge in [0.1, 0.15) is 10.7 Å². The molecular formula is C14H9ClFN3O4S. The van der Waals surface area contributed by atoms with Crippen LogP contribution in [0.25, 0.3) is 0 Å². The van der Waals surface area contributed by atoms with E-state index in [4.69, 9.17) is 11.6 Å². The molecule has 10 heteroatoms. The van der Waals surface area contributed by atoms with E-state index >= 15 is 0 Å². The van der Waals surface area contributed by atoms with Crippen LogP contribution < -0.4 is 15.4 Å². The van der Waals surface area contributed by atoms with Crippen LogP contribution in [-0.2, 0) is 10.0 Å². The molecule has 3 N–H and O–H groups in total. The van der Waals surface area contributed by atoms with E-state index in [0.717, 1.165) is 12.1 Å². The smallest absolute Gasteiger partial charge is 0.322 e. The second kappa shape index (κ2) is 5.77. The molecule has 3 amide bonds. The zero-order valence-electron chi connectivity index (χ0n) is 11.8. The quantitative estimate of drug-likeness (QED) is 0.756. The minimum absolute atomic E-state index is 0.0377. The van der Waals surface area contributed by atoms with Crippen molar-refractivity contribution in [2.75, 3.05) is 10.6 Å². The van der Waals surface area contributed by atoms with Gasteiger partial charge < -0.3 is 10.6 Å². The standard InChI is InChI=1S/C14H9ClFN3O4S/c15-9-6-8(2-3-10(9)16)17-13(20)7-1-4-11-12(5-7)24(22,23)19-14(21)18-11/h1-6H,(H,17,20)(H2,18,19,21). The molecule has 24 heavy (non-hydrogen) atoms. The monoisotopic (exact) mass is 369 g/mol. The highest BCUT2D eigenvalue weighted by molar-refractivity contribution is 7.90. The first-order valence-electron chi connectivity index (χ1n) is 6.50. The van der Waals surface area contributed by atoms with Gasteiger partial charge in [0.25, 0.3) is 15.9 Å². The SMILES string of the molecule is O=C1Nc2ccc(C(=O)Nc3ccc(F)c(Cl)c3)cc2S(=O)(=O)N1. The fourth-order valence-corrected chi connectivity index (χ4v) is 3.37. The second-order valence-electron chi connectivity index (χ2n) is 4.85. The summed E-state index contributed by atoms with van der Waals surface area (Å²) < 4.78 is 38.8. The van der Waals surface area contributed by atoms with Crippen LogP contribution in [0.15, 0.2) is 41.3 Å². The summed E-state index contributed by atoms with van der Waals surface area (Å²) in [4.78, 5) is 23.2. The highest BCUT2D eigenvalue weighted by atomic mass is 35.5. The summed E-state index contributed by atoms with van der Waals surface area (Å²) in [5.74, 6) is -1.25. The van der Waals surface area contributed by atoms with Gasteiger partial charge in [-0.2, -0.15) is 0 Å². The summed E-state index contributed by atoms with van der Waals surface area (Å²) in [5, 5.41) is 4.64. The molecule has 7 nitrogen and oxygen atoms in total. The van der Waals surface area contributed by atoms with Crippen molar-refractivity contribution in [3.63, 3.8) is 0 Å². The lowest BCUT2D eigenvalue weighted by molar-refractivity contribution is 0.102. The number of benzene rings is 2. The average molecular weight is 370 g/mol. The Hall–Kier alpha value is -2.65. The molecule has 2 aromatic rings. The van der Waals surface area contributed by atoms with E-state index in [9.17, 15) is 22.4 Å². The van der Waals surface area contributed by atoms with E-state index in [1.54, 1.807) is 4.72 Å². The van der Waals surface area contributed by atoms with Gasteiger partial charge in [-0.05, 0) is 36.4 Å². The molecule has 3 rings (SSSR count). The number of amides is 3. The molecular weight excluding hydrogens is 361 g/mol. The third kappa shape index (κ3) is 3.03. The second-order valence-corrected chi connectivity index (χ2v) is 6.91. The molecule has 124 valence electrons. The van der Waals surface area contributed by atoms with Crippen LogP contribution in [0.2, 0.25) is 5.02 Å². The van der Waals surface area contributed by atoms with Crippen LogP contribution in [0.1, 0.15) is 10.4 Å². The number of rotatable bonds is 2. The third-order valence-corrected chi connectivity index (χ3v) is 4.85. The number of urea groups is 1. The number of hydrogen-bond donors (Lipinski definition) is 3. The number of carbonyl (C=O) groups is 2. The van der Waals surface area contributed by atoms with Crippen LogP contribution in [0.4, 0.5) is 20.6 Å². The Morgan fingerprint density at radius 3 is 2.62 bits per heavy atom. The van der Waals surface area contributed by atoms with Crippen molar-refractivity contribution in [2.45, 2.75) is 4.90 Å². The fourth-order valence-electron chi connectivity index (χ4n) is 2.09. The van der Waals surface area contributed by atoms with Crippen molar-refractivity contribution in [1.82, 2.24) is 4.72 Å². The molecule has 0 atom stereocenters. The summed E-state index contributed by atoms with van der Waals surface area (Å²) in [6.45, 7) is 0. The molecule has 0 spiro atoms. The van der Waals surface area contributed by atoms with Gasteiger partial charge in [0.15, 0.2) is 0 Å². The molecule has 0 radical (unpaired) electrons. The van der Waals surface area contributed by atoms with E-state index in [2.05, 4.69) is 10.6 Å². The lowest BCUT2D eigenvalue weighted by Crippen LogP contribution is -2.39. The number of nitrogens with one attached hydrogen (secondary N) is 3. The molecule has 2 aromatic carbocycles. The normalized spacial score (nSPS) is 15.0. The zero-order valence-corrected chi connectivity index (χ0v) is 13.3.